The Bertz CT molecular complexity index is 353. The fraction of sp³-hybridized carbons (Fsp3) is 0.750. The number of aromatic nitrogens is 2. The Kier molecular flexibility index (Phi) is 4.57. The molecule has 2 heterocycles. The third-order valence-corrected chi connectivity index (χ3v) is 3.18. The van der Waals surface area contributed by atoms with E-state index in [1.165, 1.54) is 0 Å². The van der Waals surface area contributed by atoms with Crippen LogP contribution in [0.2, 0.25) is 0 Å². The summed E-state index contributed by atoms with van der Waals surface area (Å²) < 4.78 is 18.6. The molecule has 2 atom stereocenters. The van der Waals surface area contributed by atoms with Gasteiger partial charge in [0.25, 0.3) is 0 Å². The van der Waals surface area contributed by atoms with Crippen molar-refractivity contribution < 1.29 is 14.2 Å². The van der Waals surface area contributed by atoms with Gasteiger partial charge in [-0.05, 0) is 14.0 Å². The monoisotopic (exact) mass is 255 g/mol. The zero-order chi connectivity index (χ0) is 13.0. The first-order valence-corrected chi connectivity index (χ1v) is 6.28. The van der Waals surface area contributed by atoms with E-state index in [9.17, 15) is 0 Å². The fourth-order valence-electron chi connectivity index (χ4n) is 2.30. The second-order valence-corrected chi connectivity index (χ2v) is 4.16. The molecule has 0 aromatic carbocycles. The van der Waals surface area contributed by atoms with E-state index in [2.05, 4.69) is 17.3 Å². The van der Waals surface area contributed by atoms with E-state index in [1.807, 2.05) is 11.7 Å². The second kappa shape index (κ2) is 6.17. The number of methoxy groups -OCH3 is 1. The van der Waals surface area contributed by atoms with Crippen molar-refractivity contribution in [3.63, 3.8) is 0 Å². The Morgan fingerprint density at radius 2 is 2.44 bits per heavy atom. The third-order valence-electron chi connectivity index (χ3n) is 3.18. The van der Waals surface area contributed by atoms with Gasteiger partial charge in [0.15, 0.2) is 5.75 Å². The highest BCUT2D eigenvalue weighted by atomic mass is 16.6. The smallest absolute Gasteiger partial charge is 0.161 e. The summed E-state index contributed by atoms with van der Waals surface area (Å²) in [5.41, 5.74) is 1.01. The third kappa shape index (κ3) is 2.50. The topological polar surface area (TPSA) is 57.5 Å². The van der Waals surface area contributed by atoms with Gasteiger partial charge in [-0.3, -0.25) is 4.68 Å². The maximum Gasteiger partial charge on any atom is 0.161 e. The zero-order valence-corrected chi connectivity index (χ0v) is 11.2. The molecule has 1 aliphatic rings. The molecule has 0 spiro atoms. The molecule has 1 N–H and O–H groups in total. The van der Waals surface area contributed by atoms with Crippen LogP contribution in [-0.2, 0) is 16.0 Å². The lowest BCUT2D eigenvalue weighted by atomic mass is 10.1. The summed E-state index contributed by atoms with van der Waals surface area (Å²) in [6, 6.07) is 0.0164. The van der Waals surface area contributed by atoms with Crippen LogP contribution < -0.4 is 10.1 Å². The summed E-state index contributed by atoms with van der Waals surface area (Å²) in [4.78, 5) is 0. The van der Waals surface area contributed by atoms with Crippen LogP contribution in [0.25, 0.3) is 0 Å². The van der Waals surface area contributed by atoms with E-state index in [0.29, 0.717) is 19.8 Å². The molecule has 0 aliphatic carbocycles. The largest absolute Gasteiger partial charge is 0.493 e. The lowest BCUT2D eigenvalue weighted by molar-refractivity contribution is -0.102. The number of nitrogens with one attached hydrogen (secondary N) is 1. The summed E-state index contributed by atoms with van der Waals surface area (Å²) >= 11 is 0. The number of hydrogen-bond donors (Lipinski definition) is 1. The SMILES string of the molecule is CCn1ncc(OC)c1C(NC)C1COCCO1. The average Bonchev–Trinajstić information content (AvgIpc) is 2.84. The van der Waals surface area contributed by atoms with Crippen molar-refractivity contribution >= 4 is 0 Å². The molecule has 1 aliphatic heterocycles. The van der Waals surface area contributed by atoms with Crippen molar-refractivity contribution in [2.75, 3.05) is 34.0 Å². The molecule has 1 aromatic rings. The molecule has 6 heteroatoms. The van der Waals surface area contributed by atoms with Gasteiger partial charge >= 0.3 is 0 Å². The van der Waals surface area contributed by atoms with Gasteiger partial charge in [-0.15, -0.1) is 0 Å². The molecule has 2 rings (SSSR count). The van der Waals surface area contributed by atoms with Crippen molar-refractivity contribution in [1.82, 2.24) is 15.1 Å². The van der Waals surface area contributed by atoms with E-state index in [0.717, 1.165) is 18.0 Å². The number of rotatable bonds is 5. The second-order valence-electron chi connectivity index (χ2n) is 4.16. The van der Waals surface area contributed by atoms with Gasteiger partial charge in [-0.25, -0.2) is 0 Å². The lowest BCUT2D eigenvalue weighted by Crippen LogP contribution is -2.40. The van der Waals surface area contributed by atoms with Gasteiger partial charge in [0, 0.05) is 6.54 Å². The van der Waals surface area contributed by atoms with Gasteiger partial charge in [0.1, 0.15) is 6.10 Å². The van der Waals surface area contributed by atoms with E-state index in [-0.39, 0.29) is 12.1 Å². The van der Waals surface area contributed by atoms with Crippen LogP contribution in [0.3, 0.4) is 0 Å². The zero-order valence-electron chi connectivity index (χ0n) is 11.2. The minimum absolute atomic E-state index is 0.0142. The summed E-state index contributed by atoms with van der Waals surface area (Å²) in [7, 11) is 3.57. The molecule has 1 fully saturated rings. The van der Waals surface area contributed by atoms with Crippen LogP contribution in [0.1, 0.15) is 18.7 Å². The van der Waals surface area contributed by atoms with Crippen LogP contribution in [-0.4, -0.2) is 49.9 Å². The predicted octanol–water partition coefficient (Wildman–Crippen LogP) is 0.587. The molecule has 102 valence electrons. The Morgan fingerprint density at radius 1 is 1.61 bits per heavy atom. The Morgan fingerprint density at radius 3 is 3.00 bits per heavy atom. The molecule has 0 bridgehead atoms. The van der Waals surface area contributed by atoms with Crippen molar-refractivity contribution in [3.8, 4) is 5.75 Å². The maximum absolute atomic E-state index is 5.77. The van der Waals surface area contributed by atoms with E-state index in [1.54, 1.807) is 13.3 Å². The number of ether oxygens (including phenoxy) is 3. The van der Waals surface area contributed by atoms with E-state index >= 15 is 0 Å². The molecular formula is C12H21N3O3. The standard InChI is InChI=1S/C12H21N3O3/c1-4-15-12(9(16-3)7-14-15)11(13-2)10-8-17-5-6-18-10/h7,10-11,13H,4-6,8H2,1-3H3. The van der Waals surface area contributed by atoms with Gasteiger partial charge in [-0.1, -0.05) is 0 Å². The highest BCUT2D eigenvalue weighted by molar-refractivity contribution is 5.29. The first-order valence-electron chi connectivity index (χ1n) is 6.28. The van der Waals surface area contributed by atoms with Crippen molar-refractivity contribution in [2.45, 2.75) is 25.6 Å². The van der Waals surface area contributed by atoms with Gasteiger partial charge in [-0.2, -0.15) is 5.10 Å². The highest BCUT2D eigenvalue weighted by Gasteiger charge is 2.30. The highest BCUT2D eigenvalue weighted by Crippen LogP contribution is 2.29. The van der Waals surface area contributed by atoms with Crippen LogP contribution in [0, 0.1) is 0 Å². The molecule has 0 saturated carbocycles. The van der Waals surface area contributed by atoms with Crippen LogP contribution >= 0.6 is 0 Å². The molecule has 6 nitrogen and oxygen atoms in total. The normalized spacial score (nSPS) is 21.8. The first-order chi connectivity index (χ1) is 8.81. The van der Waals surface area contributed by atoms with Crippen LogP contribution in [0.5, 0.6) is 5.75 Å². The van der Waals surface area contributed by atoms with Crippen molar-refractivity contribution in [2.24, 2.45) is 0 Å². The molecule has 18 heavy (non-hydrogen) atoms. The van der Waals surface area contributed by atoms with Gasteiger partial charge in [0.05, 0.1) is 44.9 Å². The van der Waals surface area contributed by atoms with Crippen LogP contribution in [0.15, 0.2) is 6.20 Å². The average molecular weight is 255 g/mol. The van der Waals surface area contributed by atoms with Gasteiger partial charge < -0.3 is 19.5 Å². The van der Waals surface area contributed by atoms with Crippen molar-refractivity contribution in [1.29, 1.82) is 0 Å². The number of aryl methyl sites for hydroxylation is 1. The molecule has 1 aromatic heterocycles. The lowest BCUT2D eigenvalue weighted by Gasteiger charge is -2.30. The number of likely N-dealkylation sites (N-methyl/N-ethyl adjacent to an activating group) is 1. The first kappa shape index (κ1) is 13.3. The maximum atomic E-state index is 5.77. The van der Waals surface area contributed by atoms with Crippen LogP contribution in [0.4, 0.5) is 0 Å². The van der Waals surface area contributed by atoms with E-state index < -0.39 is 0 Å². The molecule has 0 amide bonds. The fourth-order valence-corrected chi connectivity index (χ4v) is 2.30. The van der Waals surface area contributed by atoms with E-state index in [4.69, 9.17) is 14.2 Å². The Balaban J connectivity index is 2.27. The van der Waals surface area contributed by atoms with Crippen molar-refractivity contribution in [3.05, 3.63) is 11.9 Å². The summed E-state index contributed by atoms with van der Waals surface area (Å²) in [5.74, 6) is 0.783. The predicted molar refractivity (Wildman–Crippen MR) is 66.8 cm³/mol. The molecule has 2 unspecified atom stereocenters. The molecular weight excluding hydrogens is 234 g/mol. The van der Waals surface area contributed by atoms with Gasteiger partial charge in [0.2, 0.25) is 0 Å². The summed E-state index contributed by atoms with van der Waals surface area (Å²) in [6.07, 6.45) is 1.73. The minimum atomic E-state index is -0.0142. The molecule has 0 radical (unpaired) electrons. The number of nitrogens with zero attached hydrogens (tertiary/aromatic N) is 2. The minimum Gasteiger partial charge on any atom is -0.493 e. The Hall–Kier alpha value is -1.11. The summed E-state index contributed by atoms with van der Waals surface area (Å²) in [6.45, 7) is 4.73. The molecule has 1 saturated heterocycles. The quantitative estimate of drug-likeness (QED) is 0.834. The summed E-state index contributed by atoms with van der Waals surface area (Å²) in [5, 5.41) is 7.60. The number of hydrogen-bond acceptors (Lipinski definition) is 5. The Labute approximate surface area is 107 Å².